The van der Waals surface area contributed by atoms with Gasteiger partial charge in [0, 0.05) is 24.0 Å². The summed E-state index contributed by atoms with van der Waals surface area (Å²) in [6.45, 7) is 6.53. The van der Waals surface area contributed by atoms with E-state index in [2.05, 4.69) is 52.5 Å². The number of aryl methyl sites for hydroxylation is 1. The Morgan fingerprint density at radius 2 is 2.00 bits per heavy atom. The summed E-state index contributed by atoms with van der Waals surface area (Å²) < 4.78 is 0. The highest BCUT2D eigenvalue weighted by Crippen LogP contribution is 2.16. The van der Waals surface area contributed by atoms with Crippen LogP contribution in [0.1, 0.15) is 29.0 Å². The van der Waals surface area contributed by atoms with Gasteiger partial charge in [-0.25, -0.2) is 4.98 Å². The third-order valence-corrected chi connectivity index (χ3v) is 5.17. The van der Waals surface area contributed by atoms with E-state index in [-0.39, 0.29) is 0 Å². The first kappa shape index (κ1) is 14.7. The van der Waals surface area contributed by atoms with Crippen LogP contribution in [-0.4, -0.2) is 29.0 Å². The van der Waals surface area contributed by atoms with Gasteiger partial charge in [-0.2, -0.15) is 0 Å². The predicted octanol–water partition coefficient (Wildman–Crippen LogP) is 3.21. The van der Waals surface area contributed by atoms with E-state index in [9.17, 15) is 0 Å². The minimum absolute atomic E-state index is 0.651. The van der Waals surface area contributed by atoms with Gasteiger partial charge in [-0.15, -0.1) is 11.3 Å². The van der Waals surface area contributed by atoms with Crippen LogP contribution in [0.25, 0.3) is 0 Å². The Kier molecular flexibility index (Phi) is 5.01. The fourth-order valence-corrected chi connectivity index (χ4v) is 3.60. The number of rotatable bonds is 5. The van der Waals surface area contributed by atoms with Gasteiger partial charge in [0.05, 0.1) is 11.2 Å². The van der Waals surface area contributed by atoms with E-state index in [1.54, 1.807) is 11.3 Å². The number of likely N-dealkylation sites (tertiary alicyclic amines) is 1. The van der Waals surface area contributed by atoms with Gasteiger partial charge in [0.15, 0.2) is 0 Å². The molecule has 0 atom stereocenters. The van der Waals surface area contributed by atoms with E-state index < -0.39 is 0 Å². The summed E-state index contributed by atoms with van der Waals surface area (Å²) in [4.78, 5) is 8.25. The number of piperidine rings is 1. The molecule has 1 aliphatic heterocycles. The van der Waals surface area contributed by atoms with Crippen molar-refractivity contribution >= 4 is 11.3 Å². The molecule has 0 saturated carbocycles. The Hall–Kier alpha value is -1.23. The second kappa shape index (κ2) is 7.16. The second-order valence-corrected chi connectivity index (χ2v) is 6.72. The molecule has 3 rings (SSSR count). The zero-order valence-corrected chi connectivity index (χ0v) is 13.4. The van der Waals surface area contributed by atoms with Crippen LogP contribution < -0.4 is 5.32 Å². The summed E-state index contributed by atoms with van der Waals surface area (Å²) in [5.74, 6) is 0. The number of aromatic nitrogens is 1. The molecular formula is C17H23N3S. The molecular weight excluding hydrogens is 278 g/mol. The molecule has 1 aliphatic rings. The van der Waals surface area contributed by atoms with Gasteiger partial charge in [0.1, 0.15) is 0 Å². The van der Waals surface area contributed by atoms with Crippen LogP contribution in [0.2, 0.25) is 0 Å². The van der Waals surface area contributed by atoms with Crippen molar-refractivity contribution in [3.05, 3.63) is 52.0 Å². The van der Waals surface area contributed by atoms with Crippen LogP contribution in [0.5, 0.6) is 0 Å². The lowest BCUT2D eigenvalue weighted by molar-refractivity contribution is 0.190. The molecule has 1 aromatic heterocycles. The first-order valence-corrected chi connectivity index (χ1v) is 8.58. The SMILES string of the molecule is Cc1ncsc1CNC1CCN(Cc2ccccc2)CC1. The first-order chi connectivity index (χ1) is 10.3. The van der Waals surface area contributed by atoms with Gasteiger partial charge >= 0.3 is 0 Å². The van der Waals surface area contributed by atoms with Crippen molar-refractivity contribution in [1.29, 1.82) is 0 Å². The highest BCUT2D eigenvalue weighted by molar-refractivity contribution is 7.09. The summed E-state index contributed by atoms with van der Waals surface area (Å²) in [5, 5.41) is 3.69. The molecule has 112 valence electrons. The smallest absolute Gasteiger partial charge is 0.0798 e. The molecule has 1 N–H and O–H groups in total. The molecule has 0 amide bonds. The van der Waals surface area contributed by atoms with Gasteiger partial charge in [-0.3, -0.25) is 4.90 Å². The molecule has 0 spiro atoms. The van der Waals surface area contributed by atoms with Gasteiger partial charge in [-0.1, -0.05) is 30.3 Å². The van der Waals surface area contributed by atoms with Crippen molar-refractivity contribution in [3.63, 3.8) is 0 Å². The Morgan fingerprint density at radius 1 is 1.24 bits per heavy atom. The van der Waals surface area contributed by atoms with E-state index in [4.69, 9.17) is 0 Å². The number of nitrogens with one attached hydrogen (secondary N) is 1. The van der Waals surface area contributed by atoms with Crippen molar-refractivity contribution in [2.24, 2.45) is 0 Å². The minimum atomic E-state index is 0.651. The molecule has 0 aliphatic carbocycles. The van der Waals surface area contributed by atoms with Gasteiger partial charge in [0.2, 0.25) is 0 Å². The zero-order chi connectivity index (χ0) is 14.5. The average Bonchev–Trinajstić information content (AvgIpc) is 2.93. The maximum Gasteiger partial charge on any atom is 0.0798 e. The van der Waals surface area contributed by atoms with Crippen molar-refractivity contribution in [3.8, 4) is 0 Å². The summed E-state index contributed by atoms with van der Waals surface area (Å²) in [5.41, 5.74) is 4.53. The lowest BCUT2D eigenvalue weighted by Gasteiger charge is -2.32. The molecule has 2 heterocycles. The number of benzene rings is 1. The van der Waals surface area contributed by atoms with Crippen molar-refractivity contribution in [1.82, 2.24) is 15.2 Å². The Bertz CT molecular complexity index is 544. The fourth-order valence-electron chi connectivity index (χ4n) is 2.87. The largest absolute Gasteiger partial charge is 0.309 e. The van der Waals surface area contributed by atoms with Gasteiger partial charge < -0.3 is 5.32 Å². The van der Waals surface area contributed by atoms with E-state index in [1.807, 2.05) is 5.51 Å². The van der Waals surface area contributed by atoms with Crippen LogP contribution in [0.4, 0.5) is 0 Å². The molecule has 3 nitrogen and oxygen atoms in total. The Balaban J connectivity index is 1.42. The lowest BCUT2D eigenvalue weighted by Crippen LogP contribution is -2.41. The number of hydrogen-bond donors (Lipinski definition) is 1. The third kappa shape index (κ3) is 4.13. The van der Waals surface area contributed by atoms with Crippen LogP contribution in [-0.2, 0) is 13.1 Å². The molecule has 1 saturated heterocycles. The maximum absolute atomic E-state index is 4.31. The fraction of sp³-hybridized carbons (Fsp3) is 0.471. The second-order valence-electron chi connectivity index (χ2n) is 5.78. The van der Waals surface area contributed by atoms with Crippen molar-refractivity contribution in [2.45, 2.75) is 38.9 Å². The predicted molar refractivity (Wildman–Crippen MR) is 88.4 cm³/mol. The highest BCUT2D eigenvalue weighted by atomic mass is 32.1. The normalized spacial score (nSPS) is 17.2. The Morgan fingerprint density at radius 3 is 2.67 bits per heavy atom. The zero-order valence-electron chi connectivity index (χ0n) is 12.6. The van der Waals surface area contributed by atoms with E-state index in [1.165, 1.54) is 42.1 Å². The van der Waals surface area contributed by atoms with E-state index in [0.29, 0.717) is 6.04 Å². The van der Waals surface area contributed by atoms with Crippen LogP contribution in [0.3, 0.4) is 0 Å². The maximum atomic E-state index is 4.31. The van der Waals surface area contributed by atoms with Crippen LogP contribution >= 0.6 is 11.3 Å². The molecule has 0 unspecified atom stereocenters. The van der Waals surface area contributed by atoms with Crippen LogP contribution in [0.15, 0.2) is 35.8 Å². The Labute approximate surface area is 131 Å². The van der Waals surface area contributed by atoms with E-state index >= 15 is 0 Å². The molecule has 4 heteroatoms. The molecule has 21 heavy (non-hydrogen) atoms. The number of nitrogens with zero attached hydrogens (tertiary/aromatic N) is 2. The van der Waals surface area contributed by atoms with Crippen molar-refractivity contribution in [2.75, 3.05) is 13.1 Å². The molecule has 0 radical (unpaired) electrons. The summed E-state index contributed by atoms with van der Waals surface area (Å²) >= 11 is 1.76. The topological polar surface area (TPSA) is 28.2 Å². The molecule has 2 aromatic rings. The molecule has 0 bridgehead atoms. The quantitative estimate of drug-likeness (QED) is 0.919. The highest BCUT2D eigenvalue weighted by Gasteiger charge is 2.19. The van der Waals surface area contributed by atoms with Crippen LogP contribution in [0, 0.1) is 6.92 Å². The molecule has 1 fully saturated rings. The van der Waals surface area contributed by atoms with E-state index in [0.717, 1.165) is 13.1 Å². The third-order valence-electron chi connectivity index (χ3n) is 4.23. The lowest BCUT2D eigenvalue weighted by atomic mass is 10.0. The minimum Gasteiger partial charge on any atom is -0.309 e. The monoisotopic (exact) mass is 301 g/mol. The summed E-state index contributed by atoms with van der Waals surface area (Å²) in [6, 6.07) is 11.4. The molecule has 1 aromatic carbocycles. The number of hydrogen-bond acceptors (Lipinski definition) is 4. The standard InChI is InChI=1S/C17H23N3S/c1-14-17(21-13-19-14)11-18-16-7-9-20(10-8-16)12-15-5-3-2-4-6-15/h2-6,13,16,18H,7-12H2,1H3. The van der Waals surface area contributed by atoms with Gasteiger partial charge in [-0.05, 0) is 38.4 Å². The number of thiazole rings is 1. The summed E-state index contributed by atoms with van der Waals surface area (Å²) in [6.07, 6.45) is 2.48. The van der Waals surface area contributed by atoms with Gasteiger partial charge in [0.25, 0.3) is 0 Å². The first-order valence-electron chi connectivity index (χ1n) is 7.70. The average molecular weight is 301 g/mol. The van der Waals surface area contributed by atoms with Crippen molar-refractivity contribution < 1.29 is 0 Å². The summed E-state index contributed by atoms with van der Waals surface area (Å²) in [7, 11) is 0.